The van der Waals surface area contributed by atoms with Crippen LogP contribution in [0.5, 0.6) is 0 Å². The quantitative estimate of drug-likeness (QED) is 0.914. The molecule has 1 fully saturated rings. The molecule has 22 heavy (non-hydrogen) atoms. The van der Waals surface area contributed by atoms with Crippen molar-refractivity contribution in [3.05, 3.63) is 36.2 Å². The SMILES string of the molecule is CCN1CCC[C@H]1CNC(=O)c1nnc(-c2ccccc2)o1. The number of benzene rings is 1. The largest absolute Gasteiger partial charge is 0.412 e. The minimum atomic E-state index is -0.308. The van der Waals surface area contributed by atoms with Crippen LogP contribution in [0.2, 0.25) is 0 Å². The number of nitrogens with one attached hydrogen (secondary N) is 1. The van der Waals surface area contributed by atoms with Gasteiger partial charge in [-0.05, 0) is 38.1 Å². The summed E-state index contributed by atoms with van der Waals surface area (Å²) in [7, 11) is 0. The molecule has 0 aliphatic carbocycles. The maximum absolute atomic E-state index is 12.1. The first-order valence-corrected chi connectivity index (χ1v) is 7.69. The molecule has 1 saturated heterocycles. The van der Waals surface area contributed by atoms with E-state index in [4.69, 9.17) is 4.42 Å². The molecule has 0 radical (unpaired) electrons. The number of carbonyl (C=O) groups is 1. The Hall–Kier alpha value is -2.21. The van der Waals surface area contributed by atoms with Crippen molar-refractivity contribution in [1.82, 2.24) is 20.4 Å². The molecular formula is C16H20N4O2. The van der Waals surface area contributed by atoms with Crippen LogP contribution in [0.3, 0.4) is 0 Å². The molecule has 1 aliphatic rings. The fourth-order valence-electron chi connectivity index (χ4n) is 2.84. The van der Waals surface area contributed by atoms with Crippen molar-refractivity contribution in [1.29, 1.82) is 0 Å². The van der Waals surface area contributed by atoms with Crippen molar-refractivity contribution in [2.45, 2.75) is 25.8 Å². The molecule has 1 N–H and O–H groups in total. The van der Waals surface area contributed by atoms with Crippen LogP contribution in [0.1, 0.15) is 30.5 Å². The number of hydrogen-bond donors (Lipinski definition) is 1. The molecule has 116 valence electrons. The molecule has 1 atom stereocenters. The van der Waals surface area contributed by atoms with Gasteiger partial charge in [-0.1, -0.05) is 25.1 Å². The fraction of sp³-hybridized carbons (Fsp3) is 0.438. The number of aromatic nitrogens is 2. The van der Waals surface area contributed by atoms with Crippen molar-refractivity contribution < 1.29 is 9.21 Å². The Kier molecular flexibility index (Phi) is 4.48. The summed E-state index contributed by atoms with van der Waals surface area (Å²) in [6, 6.07) is 9.83. The number of rotatable bonds is 5. The van der Waals surface area contributed by atoms with Gasteiger partial charge in [0.15, 0.2) is 0 Å². The van der Waals surface area contributed by atoms with Gasteiger partial charge in [0.1, 0.15) is 0 Å². The molecule has 2 aromatic rings. The number of carbonyl (C=O) groups excluding carboxylic acids is 1. The molecule has 2 heterocycles. The van der Waals surface area contributed by atoms with E-state index in [1.165, 1.54) is 6.42 Å². The standard InChI is InChI=1S/C16H20N4O2/c1-2-20-10-6-9-13(20)11-17-14(21)16-19-18-15(22-16)12-7-4-3-5-8-12/h3-5,7-8,13H,2,6,9-11H2,1H3,(H,17,21)/t13-/m0/s1. The van der Waals surface area contributed by atoms with Gasteiger partial charge in [0.05, 0.1) is 0 Å². The van der Waals surface area contributed by atoms with Crippen LogP contribution in [-0.2, 0) is 0 Å². The molecule has 6 heteroatoms. The van der Waals surface area contributed by atoms with Gasteiger partial charge in [-0.2, -0.15) is 0 Å². The Labute approximate surface area is 129 Å². The van der Waals surface area contributed by atoms with E-state index in [0.717, 1.165) is 25.1 Å². The Bertz CT molecular complexity index is 626. The molecule has 3 rings (SSSR count). The molecule has 1 aliphatic heterocycles. The normalized spacial score (nSPS) is 18.5. The number of likely N-dealkylation sites (N-methyl/N-ethyl adjacent to an activating group) is 1. The summed E-state index contributed by atoms with van der Waals surface area (Å²) >= 11 is 0. The van der Waals surface area contributed by atoms with E-state index in [2.05, 4.69) is 27.3 Å². The van der Waals surface area contributed by atoms with Gasteiger partial charge < -0.3 is 9.73 Å². The summed E-state index contributed by atoms with van der Waals surface area (Å²) in [6.45, 7) is 4.88. The number of likely N-dealkylation sites (tertiary alicyclic amines) is 1. The van der Waals surface area contributed by atoms with Crippen LogP contribution in [-0.4, -0.2) is 46.7 Å². The first-order chi connectivity index (χ1) is 10.8. The predicted octanol–water partition coefficient (Wildman–Crippen LogP) is 1.95. The third-order valence-corrected chi connectivity index (χ3v) is 4.04. The summed E-state index contributed by atoms with van der Waals surface area (Å²) in [4.78, 5) is 14.5. The van der Waals surface area contributed by atoms with Gasteiger partial charge in [0.2, 0.25) is 5.89 Å². The topological polar surface area (TPSA) is 71.3 Å². The van der Waals surface area contributed by atoms with Crippen molar-refractivity contribution in [3.63, 3.8) is 0 Å². The van der Waals surface area contributed by atoms with Crippen LogP contribution in [0.15, 0.2) is 34.7 Å². The van der Waals surface area contributed by atoms with Gasteiger partial charge in [0.25, 0.3) is 0 Å². The molecule has 0 bridgehead atoms. The number of amides is 1. The lowest BCUT2D eigenvalue weighted by molar-refractivity contribution is 0.0907. The minimum absolute atomic E-state index is 0.0138. The van der Waals surface area contributed by atoms with E-state index >= 15 is 0 Å². The van der Waals surface area contributed by atoms with E-state index in [1.807, 2.05) is 30.3 Å². The second-order valence-electron chi connectivity index (χ2n) is 5.41. The molecule has 6 nitrogen and oxygen atoms in total. The maximum atomic E-state index is 12.1. The maximum Gasteiger partial charge on any atom is 0.308 e. The molecular weight excluding hydrogens is 280 g/mol. The molecule has 1 aromatic heterocycles. The van der Waals surface area contributed by atoms with E-state index in [9.17, 15) is 4.79 Å². The number of hydrogen-bond acceptors (Lipinski definition) is 5. The summed E-state index contributed by atoms with van der Waals surface area (Å²) in [5.41, 5.74) is 0.807. The molecule has 0 saturated carbocycles. The van der Waals surface area contributed by atoms with Crippen LogP contribution in [0.25, 0.3) is 11.5 Å². The van der Waals surface area contributed by atoms with Crippen LogP contribution >= 0.6 is 0 Å². The Balaban J connectivity index is 1.60. The highest BCUT2D eigenvalue weighted by Gasteiger charge is 2.24. The highest BCUT2D eigenvalue weighted by Crippen LogP contribution is 2.18. The third kappa shape index (κ3) is 3.17. The smallest absolute Gasteiger partial charge is 0.308 e. The summed E-state index contributed by atoms with van der Waals surface area (Å²) in [5.74, 6) is 0.0688. The zero-order valence-electron chi connectivity index (χ0n) is 12.7. The van der Waals surface area contributed by atoms with Crippen LogP contribution in [0.4, 0.5) is 0 Å². The molecule has 0 unspecified atom stereocenters. The van der Waals surface area contributed by atoms with Crippen molar-refractivity contribution in [2.24, 2.45) is 0 Å². The van der Waals surface area contributed by atoms with E-state index in [0.29, 0.717) is 18.5 Å². The minimum Gasteiger partial charge on any atom is -0.412 e. The molecule has 1 aromatic carbocycles. The fourth-order valence-corrected chi connectivity index (χ4v) is 2.84. The predicted molar refractivity (Wildman–Crippen MR) is 82.3 cm³/mol. The monoisotopic (exact) mass is 300 g/mol. The average molecular weight is 300 g/mol. The first-order valence-electron chi connectivity index (χ1n) is 7.69. The van der Waals surface area contributed by atoms with Crippen molar-refractivity contribution in [2.75, 3.05) is 19.6 Å². The summed E-state index contributed by atoms with van der Waals surface area (Å²) in [6.07, 6.45) is 2.31. The lowest BCUT2D eigenvalue weighted by atomic mass is 10.2. The Morgan fingerprint density at radius 2 is 2.18 bits per heavy atom. The van der Waals surface area contributed by atoms with Crippen molar-refractivity contribution >= 4 is 5.91 Å². The highest BCUT2D eigenvalue weighted by molar-refractivity contribution is 5.89. The second kappa shape index (κ2) is 6.70. The summed E-state index contributed by atoms with van der Waals surface area (Å²) in [5, 5.41) is 10.7. The van der Waals surface area contributed by atoms with Gasteiger partial charge in [-0.25, -0.2) is 0 Å². The van der Waals surface area contributed by atoms with Gasteiger partial charge in [-0.15, -0.1) is 10.2 Å². The first kappa shape index (κ1) is 14.7. The lowest BCUT2D eigenvalue weighted by Gasteiger charge is -2.22. The van der Waals surface area contributed by atoms with Gasteiger partial charge in [-0.3, -0.25) is 9.69 Å². The zero-order valence-corrected chi connectivity index (χ0v) is 12.7. The van der Waals surface area contributed by atoms with E-state index in [1.54, 1.807) is 0 Å². The average Bonchev–Trinajstić information content (AvgIpc) is 3.22. The third-order valence-electron chi connectivity index (χ3n) is 4.04. The Morgan fingerprint density at radius 3 is 2.95 bits per heavy atom. The number of nitrogens with zero attached hydrogens (tertiary/aromatic N) is 3. The van der Waals surface area contributed by atoms with E-state index in [-0.39, 0.29) is 11.8 Å². The zero-order chi connectivity index (χ0) is 15.4. The van der Waals surface area contributed by atoms with E-state index < -0.39 is 0 Å². The van der Waals surface area contributed by atoms with Crippen molar-refractivity contribution in [3.8, 4) is 11.5 Å². The summed E-state index contributed by atoms with van der Waals surface area (Å²) < 4.78 is 5.45. The molecule has 1 amide bonds. The molecule has 0 spiro atoms. The van der Waals surface area contributed by atoms with Crippen LogP contribution in [0, 0.1) is 0 Å². The Morgan fingerprint density at radius 1 is 1.36 bits per heavy atom. The highest BCUT2D eigenvalue weighted by atomic mass is 16.4. The van der Waals surface area contributed by atoms with Crippen LogP contribution < -0.4 is 5.32 Å². The van der Waals surface area contributed by atoms with Gasteiger partial charge in [0, 0.05) is 18.2 Å². The van der Waals surface area contributed by atoms with Gasteiger partial charge >= 0.3 is 11.8 Å². The second-order valence-corrected chi connectivity index (χ2v) is 5.41. The lowest BCUT2D eigenvalue weighted by Crippen LogP contribution is -2.40.